The van der Waals surface area contributed by atoms with Crippen LogP contribution in [0.2, 0.25) is 5.02 Å². The molecule has 6 nitrogen and oxygen atoms in total. The first kappa shape index (κ1) is 22.1. The summed E-state index contributed by atoms with van der Waals surface area (Å²) in [7, 11) is 0. The van der Waals surface area contributed by atoms with Gasteiger partial charge in [0, 0.05) is 49.1 Å². The molecule has 2 N–H and O–H groups in total. The number of aryl methyl sites for hydroxylation is 2. The molecule has 0 aliphatic carbocycles. The van der Waals surface area contributed by atoms with Gasteiger partial charge in [-0.2, -0.15) is 0 Å². The van der Waals surface area contributed by atoms with E-state index in [1.54, 1.807) is 0 Å². The van der Waals surface area contributed by atoms with Gasteiger partial charge in [-0.3, -0.25) is 14.5 Å². The zero-order chi connectivity index (χ0) is 21.5. The van der Waals surface area contributed by atoms with Crippen LogP contribution in [0.4, 0.5) is 11.4 Å². The first-order valence-corrected chi connectivity index (χ1v) is 10.7. The summed E-state index contributed by atoms with van der Waals surface area (Å²) in [6.07, 6.45) is 0.809. The van der Waals surface area contributed by atoms with E-state index in [2.05, 4.69) is 32.6 Å². The zero-order valence-electron chi connectivity index (χ0n) is 17.6. The van der Waals surface area contributed by atoms with Crippen LogP contribution in [0.5, 0.6) is 0 Å². The summed E-state index contributed by atoms with van der Waals surface area (Å²) in [6.45, 7) is 9.17. The standard InChI is InChI=1S/C23H29ClN4O2/c1-17-14-18(2)16-20(15-17)26-23(30)22(29)25-8-3-9-27-10-12-28(13-11-27)21-6-4-19(24)5-7-21/h4-7,14-16H,3,8-13H2,1-2H3,(H,25,29)(H,26,30). The minimum absolute atomic E-state index is 0.483. The van der Waals surface area contributed by atoms with E-state index in [1.807, 2.05) is 44.2 Å². The normalized spacial score (nSPS) is 14.4. The summed E-state index contributed by atoms with van der Waals surface area (Å²) < 4.78 is 0. The van der Waals surface area contributed by atoms with Crippen LogP contribution in [0.25, 0.3) is 0 Å². The van der Waals surface area contributed by atoms with Gasteiger partial charge in [-0.15, -0.1) is 0 Å². The predicted octanol–water partition coefficient (Wildman–Crippen LogP) is 3.22. The molecule has 0 atom stereocenters. The molecule has 0 spiro atoms. The molecular weight excluding hydrogens is 400 g/mol. The highest BCUT2D eigenvalue weighted by Gasteiger charge is 2.17. The number of halogens is 1. The number of carbonyl (C=O) groups is 2. The number of amides is 2. The minimum atomic E-state index is -0.628. The quantitative estimate of drug-likeness (QED) is 0.547. The van der Waals surface area contributed by atoms with Crippen molar-refractivity contribution in [1.82, 2.24) is 10.2 Å². The van der Waals surface area contributed by atoms with Gasteiger partial charge in [0.1, 0.15) is 0 Å². The van der Waals surface area contributed by atoms with Crippen LogP contribution in [0, 0.1) is 13.8 Å². The second-order valence-electron chi connectivity index (χ2n) is 7.75. The lowest BCUT2D eigenvalue weighted by Crippen LogP contribution is -2.47. The van der Waals surface area contributed by atoms with Crippen molar-refractivity contribution in [2.45, 2.75) is 20.3 Å². The van der Waals surface area contributed by atoms with Crippen LogP contribution >= 0.6 is 11.6 Å². The lowest BCUT2D eigenvalue weighted by atomic mass is 10.1. The zero-order valence-corrected chi connectivity index (χ0v) is 18.3. The maximum atomic E-state index is 12.1. The Kier molecular flexibility index (Phi) is 7.71. The number of anilines is 2. The lowest BCUT2D eigenvalue weighted by molar-refractivity contribution is -0.136. The molecular formula is C23H29ClN4O2. The molecule has 0 aromatic heterocycles. The van der Waals surface area contributed by atoms with Gasteiger partial charge >= 0.3 is 11.8 Å². The number of hydrogen-bond donors (Lipinski definition) is 2. The smallest absolute Gasteiger partial charge is 0.313 e. The van der Waals surface area contributed by atoms with Crippen molar-refractivity contribution < 1.29 is 9.59 Å². The van der Waals surface area contributed by atoms with Gasteiger partial charge in [0.05, 0.1) is 0 Å². The molecule has 1 heterocycles. The van der Waals surface area contributed by atoms with Crippen molar-refractivity contribution in [3.8, 4) is 0 Å². The molecule has 0 radical (unpaired) electrons. The Labute approximate surface area is 183 Å². The fourth-order valence-electron chi connectivity index (χ4n) is 3.70. The SMILES string of the molecule is Cc1cc(C)cc(NC(=O)C(=O)NCCCN2CCN(c3ccc(Cl)cc3)CC2)c1. The molecule has 160 valence electrons. The molecule has 2 aromatic rings. The molecule has 1 fully saturated rings. The Bertz CT molecular complexity index is 857. The lowest BCUT2D eigenvalue weighted by Gasteiger charge is -2.36. The van der Waals surface area contributed by atoms with Gasteiger partial charge in [0.25, 0.3) is 0 Å². The first-order chi connectivity index (χ1) is 14.4. The monoisotopic (exact) mass is 428 g/mol. The third-order valence-electron chi connectivity index (χ3n) is 5.19. The highest BCUT2D eigenvalue weighted by atomic mass is 35.5. The van der Waals surface area contributed by atoms with E-state index >= 15 is 0 Å². The summed E-state index contributed by atoms with van der Waals surface area (Å²) in [5, 5.41) is 6.13. The maximum absolute atomic E-state index is 12.1. The predicted molar refractivity (Wildman–Crippen MR) is 122 cm³/mol. The van der Waals surface area contributed by atoms with Gasteiger partial charge in [-0.05, 0) is 74.3 Å². The molecule has 3 rings (SSSR count). The fourth-order valence-corrected chi connectivity index (χ4v) is 3.83. The highest BCUT2D eigenvalue weighted by Crippen LogP contribution is 2.19. The topological polar surface area (TPSA) is 64.7 Å². The van der Waals surface area contributed by atoms with Gasteiger partial charge in [0.15, 0.2) is 0 Å². The van der Waals surface area contributed by atoms with E-state index in [0.717, 1.165) is 55.3 Å². The second-order valence-corrected chi connectivity index (χ2v) is 8.18. The highest BCUT2D eigenvalue weighted by molar-refractivity contribution is 6.39. The van der Waals surface area contributed by atoms with Crippen LogP contribution < -0.4 is 15.5 Å². The largest absolute Gasteiger partial charge is 0.369 e. The van der Waals surface area contributed by atoms with Crippen LogP contribution in [-0.2, 0) is 9.59 Å². The van der Waals surface area contributed by atoms with Crippen molar-refractivity contribution in [3.05, 3.63) is 58.6 Å². The number of piperazine rings is 1. The maximum Gasteiger partial charge on any atom is 0.313 e. The average molecular weight is 429 g/mol. The Morgan fingerprint density at radius 2 is 1.57 bits per heavy atom. The molecule has 0 bridgehead atoms. The molecule has 2 aromatic carbocycles. The Morgan fingerprint density at radius 1 is 0.933 bits per heavy atom. The Hall–Kier alpha value is -2.57. The fraction of sp³-hybridized carbons (Fsp3) is 0.391. The van der Waals surface area contributed by atoms with E-state index in [0.29, 0.717) is 12.2 Å². The van der Waals surface area contributed by atoms with Crippen LogP contribution in [-0.4, -0.2) is 56.0 Å². The number of hydrogen-bond acceptors (Lipinski definition) is 4. The molecule has 1 saturated heterocycles. The summed E-state index contributed by atoms with van der Waals surface area (Å²) >= 11 is 5.96. The van der Waals surface area contributed by atoms with Crippen LogP contribution in [0.3, 0.4) is 0 Å². The molecule has 30 heavy (non-hydrogen) atoms. The van der Waals surface area contributed by atoms with Crippen molar-refractivity contribution in [2.75, 3.05) is 49.5 Å². The van der Waals surface area contributed by atoms with E-state index in [-0.39, 0.29) is 0 Å². The minimum Gasteiger partial charge on any atom is -0.369 e. The van der Waals surface area contributed by atoms with E-state index < -0.39 is 11.8 Å². The molecule has 7 heteroatoms. The van der Waals surface area contributed by atoms with Gasteiger partial charge < -0.3 is 15.5 Å². The van der Waals surface area contributed by atoms with Gasteiger partial charge in [-0.25, -0.2) is 0 Å². The Morgan fingerprint density at radius 3 is 2.20 bits per heavy atom. The number of nitrogens with zero attached hydrogens (tertiary/aromatic N) is 2. The molecule has 1 aliphatic rings. The summed E-state index contributed by atoms with van der Waals surface area (Å²) in [5.41, 5.74) is 3.93. The average Bonchev–Trinajstić information content (AvgIpc) is 2.71. The van der Waals surface area contributed by atoms with Gasteiger partial charge in [0.2, 0.25) is 0 Å². The molecule has 1 aliphatic heterocycles. The Balaban J connectivity index is 1.33. The number of rotatable bonds is 6. The van der Waals surface area contributed by atoms with Crippen molar-refractivity contribution in [3.63, 3.8) is 0 Å². The van der Waals surface area contributed by atoms with E-state index in [1.165, 1.54) is 5.69 Å². The molecule has 0 unspecified atom stereocenters. The summed E-state index contributed by atoms with van der Waals surface area (Å²) in [6, 6.07) is 13.7. The van der Waals surface area contributed by atoms with Crippen molar-refractivity contribution in [1.29, 1.82) is 0 Å². The molecule has 2 amide bonds. The number of nitrogens with one attached hydrogen (secondary N) is 2. The number of benzene rings is 2. The van der Waals surface area contributed by atoms with E-state index in [9.17, 15) is 9.59 Å². The van der Waals surface area contributed by atoms with E-state index in [4.69, 9.17) is 11.6 Å². The third-order valence-corrected chi connectivity index (χ3v) is 5.44. The van der Waals surface area contributed by atoms with Crippen LogP contribution in [0.1, 0.15) is 17.5 Å². The van der Waals surface area contributed by atoms with Crippen molar-refractivity contribution >= 4 is 34.8 Å². The number of carbonyl (C=O) groups excluding carboxylic acids is 2. The second kappa shape index (κ2) is 10.5. The van der Waals surface area contributed by atoms with Crippen LogP contribution in [0.15, 0.2) is 42.5 Å². The first-order valence-electron chi connectivity index (χ1n) is 10.3. The third kappa shape index (κ3) is 6.47. The van der Waals surface area contributed by atoms with Gasteiger partial charge in [-0.1, -0.05) is 17.7 Å². The summed E-state index contributed by atoms with van der Waals surface area (Å²) in [5.74, 6) is -1.22. The molecule has 0 saturated carbocycles. The van der Waals surface area contributed by atoms with Crippen molar-refractivity contribution in [2.24, 2.45) is 0 Å². The summed E-state index contributed by atoms with van der Waals surface area (Å²) in [4.78, 5) is 28.9.